The molecular formula is C18H23NO3. The van der Waals surface area contributed by atoms with E-state index in [0.29, 0.717) is 11.8 Å². The molecule has 22 heavy (non-hydrogen) atoms. The van der Waals surface area contributed by atoms with Gasteiger partial charge in [-0.2, -0.15) is 0 Å². The third-order valence-electron chi connectivity index (χ3n) is 4.73. The molecule has 1 atom stereocenters. The Morgan fingerprint density at radius 3 is 2.64 bits per heavy atom. The van der Waals surface area contributed by atoms with Gasteiger partial charge in [0, 0.05) is 30.5 Å². The second kappa shape index (κ2) is 6.42. The van der Waals surface area contributed by atoms with Crippen LogP contribution >= 0.6 is 0 Å². The summed E-state index contributed by atoms with van der Waals surface area (Å²) in [5.74, 6) is 2.33. The van der Waals surface area contributed by atoms with Crippen molar-refractivity contribution in [2.45, 2.75) is 25.2 Å². The van der Waals surface area contributed by atoms with E-state index in [4.69, 9.17) is 9.47 Å². The second-order valence-electron chi connectivity index (χ2n) is 5.99. The average molecular weight is 301 g/mol. The molecule has 1 aromatic rings. The van der Waals surface area contributed by atoms with Crippen molar-refractivity contribution in [3.8, 4) is 11.5 Å². The van der Waals surface area contributed by atoms with Gasteiger partial charge in [-0.15, -0.1) is 0 Å². The highest BCUT2D eigenvalue weighted by molar-refractivity contribution is 5.80. The first-order valence-electron chi connectivity index (χ1n) is 7.89. The van der Waals surface area contributed by atoms with Crippen LogP contribution in [0.1, 0.15) is 30.7 Å². The Balaban J connectivity index is 1.74. The van der Waals surface area contributed by atoms with E-state index in [-0.39, 0.29) is 5.92 Å². The number of carbonyl (C=O) groups excluding carboxylic acids is 1. The van der Waals surface area contributed by atoms with E-state index < -0.39 is 0 Å². The lowest BCUT2D eigenvalue weighted by Gasteiger charge is -2.21. The van der Waals surface area contributed by atoms with Gasteiger partial charge >= 0.3 is 0 Å². The molecule has 3 rings (SSSR count). The summed E-state index contributed by atoms with van der Waals surface area (Å²) in [5, 5.41) is 0. The zero-order valence-electron chi connectivity index (χ0n) is 13.2. The Bertz CT molecular complexity index is 574. The summed E-state index contributed by atoms with van der Waals surface area (Å²) in [6.07, 6.45) is 6.99. The fourth-order valence-corrected chi connectivity index (χ4v) is 3.52. The van der Waals surface area contributed by atoms with Crippen LogP contribution in [0.4, 0.5) is 0 Å². The first kappa shape index (κ1) is 14.9. The zero-order chi connectivity index (χ0) is 15.5. The molecule has 0 unspecified atom stereocenters. The quantitative estimate of drug-likeness (QED) is 0.803. The summed E-state index contributed by atoms with van der Waals surface area (Å²) < 4.78 is 10.9. The normalized spacial score (nSPS) is 21.4. The molecule has 4 heteroatoms. The van der Waals surface area contributed by atoms with Gasteiger partial charge in [-0.3, -0.25) is 4.79 Å². The van der Waals surface area contributed by atoms with Gasteiger partial charge in [-0.25, -0.2) is 0 Å². The smallest absolute Gasteiger partial charge is 0.226 e. The van der Waals surface area contributed by atoms with E-state index >= 15 is 0 Å². The lowest BCUT2D eigenvalue weighted by molar-refractivity contribution is -0.134. The van der Waals surface area contributed by atoms with Crippen molar-refractivity contribution in [1.29, 1.82) is 0 Å². The minimum Gasteiger partial charge on any atom is -0.493 e. The number of para-hydroxylation sites is 1. The number of nitrogens with zero attached hydrogens (tertiary/aromatic N) is 1. The van der Waals surface area contributed by atoms with Crippen LogP contribution < -0.4 is 9.47 Å². The van der Waals surface area contributed by atoms with Crippen LogP contribution in [0.3, 0.4) is 0 Å². The summed E-state index contributed by atoms with van der Waals surface area (Å²) in [6, 6.07) is 5.98. The van der Waals surface area contributed by atoms with E-state index in [9.17, 15) is 4.79 Å². The van der Waals surface area contributed by atoms with Gasteiger partial charge in [0.25, 0.3) is 0 Å². The van der Waals surface area contributed by atoms with Crippen molar-refractivity contribution in [3.63, 3.8) is 0 Å². The number of ether oxygens (including phenoxy) is 2. The van der Waals surface area contributed by atoms with Gasteiger partial charge < -0.3 is 14.4 Å². The number of rotatable bonds is 4. The molecule has 1 aromatic carbocycles. The summed E-state index contributed by atoms with van der Waals surface area (Å²) >= 11 is 0. The summed E-state index contributed by atoms with van der Waals surface area (Å²) in [7, 11) is 3.32. The molecule has 1 heterocycles. The molecule has 1 fully saturated rings. The van der Waals surface area contributed by atoms with Crippen molar-refractivity contribution in [2.75, 3.05) is 27.3 Å². The number of amides is 1. The van der Waals surface area contributed by atoms with Crippen LogP contribution in [0.5, 0.6) is 11.5 Å². The van der Waals surface area contributed by atoms with E-state index in [0.717, 1.165) is 49.4 Å². The molecule has 0 radical (unpaired) electrons. The number of hydrogen-bond donors (Lipinski definition) is 0. The summed E-state index contributed by atoms with van der Waals surface area (Å²) in [4.78, 5) is 14.5. The Morgan fingerprint density at radius 2 is 1.95 bits per heavy atom. The Kier molecular flexibility index (Phi) is 4.36. The van der Waals surface area contributed by atoms with E-state index in [1.54, 1.807) is 14.2 Å². The minimum absolute atomic E-state index is 0.158. The maximum Gasteiger partial charge on any atom is 0.226 e. The number of likely N-dealkylation sites (tertiary alicyclic amines) is 1. The number of hydrogen-bond acceptors (Lipinski definition) is 3. The molecule has 1 aliphatic heterocycles. The highest BCUT2D eigenvalue weighted by atomic mass is 16.5. The van der Waals surface area contributed by atoms with Crippen LogP contribution in [0.25, 0.3) is 0 Å². The Labute approximate surface area is 131 Å². The van der Waals surface area contributed by atoms with E-state index in [2.05, 4.69) is 18.2 Å². The van der Waals surface area contributed by atoms with Gasteiger partial charge in [-0.05, 0) is 25.3 Å². The zero-order valence-corrected chi connectivity index (χ0v) is 13.2. The van der Waals surface area contributed by atoms with Crippen LogP contribution in [0, 0.1) is 5.92 Å². The predicted octanol–water partition coefficient (Wildman–Crippen LogP) is 2.99. The van der Waals surface area contributed by atoms with Crippen LogP contribution in [0.15, 0.2) is 30.4 Å². The molecule has 118 valence electrons. The lowest BCUT2D eigenvalue weighted by atomic mass is 9.97. The molecule has 1 aliphatic carbocycles. The molecule has 1 amide bonds. The van der Waals surface area contributed by atoms with Crippen molar-refractivity contribution in [3.05, 3.63) is 35.9 Å². The van der Waals surface area contributed by atoms with E-state index in [1.807, 2.05) is 17.0 Å². The van der Waals surface area contributed by atoms with Gasteiger partial charge in [0.2, 0.25) is 5.91 Å². The number of methoxy groups -OCH3 is 2. The van der Waals surface area contributed by atoms with Crippen LogP contribution in [-0.2, 0) is 4.79 Å². The molecule has 1 saturated heterocycles. The largest absolute Gasteiger partial charge is 0.493 e. The predicted molar refractivity (Wildman–Crippen MR) is 85.3 cm³/mol. The highest BCUT2D eigenvalue weighted by Crippen LogP contribution is 2.39. The molecule has 0 saturated carbocycles. The summed E-state index contributed by atoms with van der Waals surface area (Å²) in [5.41, 5.74) is 1.14. The van der Waals surface area contributed by atoms with Crippen LogP contribution in [0.2, 0.25) is 0 Å². The standard InChI is InChI=1S/C18H23NO3/c1-21-16-9-5-8-15(17(16)22-2)14-10-11-19(12-14)18(20)13-6-3-4-7-13/h3-5,8-9,13-14H,6-7,10-12H2,1-2H3/t14-/m1/s1. The van der Waals surface area contributed by atoms with Crippen molar-refractivity contribution in [1.82, 2.24) is 4.90 Å². The van der Waals surface area contributed by atoms with E-state index in [1.165, 1.54) is 0 Å². The molecule has 0 N–H and O–H groups in total. The van der Waals surface area contributed by atoms with Gasteiger partial charge in [0.1, 0.15) is 0 Å². The number of allylic oxidation sites excluding steroid dienone is 2. The van der Waals surface area contributed by atoms with Crippen molar-refractivity contribution < 1.29 is 14.3 Å². The molecule has 2 aliphatic rings. The third-order valence-corrected chi connectivity index (χ3v) is 4.73. The van der Waals surface area contributed by atoms with Crippen molar-refractivity contribution >= 4 is 5.91 Å². The molecule has 0 spiro atoms. The van der Waals surface area contributed by atoms with Gasteiger partial charge in [-0.1, -0.05) is 24.3 Å². The number of carbonyl (C=O) groups is 1. The summed E-state index contributed by atoms with van der Waals surface area (Å²) in [6.45, 7) is 1.61. The fourth-order valence-electron chi connectivity index (χ4n) is 3.52. The topological polar surface area (TPSA) is 38.8 Å². The SMILES string of the molecule is COc1cccc([C@@H]2CCN(C(=O)C3CC=CC3)C2)c1OC. The molecule has 4 nitrogen and oxygen atoms in total. The number of benzene rings is 1. The minimum atomic E-state index is 0.158. The van der Waals surface area contributed by atoms with Gasteiger partial charge in [0.15, 0.2) is 11.5 Å². The van der Waals surface area contributed by atoms with Gasteiger partial charge in [0.05, 0.1) is 14.2 Å². The molecule has 0 aromatic heterocycles. The fraction of sp³-hybridized carbons (Fsp3) is 0.500. The maximum atomic E-state index is 12.5. The Morgan fingerprint density at radius 1 is 1.18 bits per heavy atom. The van der Waals surface area contributed by atoms with Crippen LogP contribution in [-0.4, -0.2) is 38.1 Å². The monoisotopic (exact) mass is 301 g/mol. The molecule has 0 bridgehead atoms. The maximum absolute atomic E-state index is 12.5. The average Bonchev–Trinajstić information content (AvgIpc) is 3.24. The Hall–Kier alpha value is -1.97. The molecular weight excluding hydrogens is 278 g/mol. The third kappa shape index (κ3) is 2.70. The first-order valence-corrected chi connectivity index (χ1v) is 7.89. The lowest BCUT2D eigenvalue weighted by Crippen LogP contribution is -2.33. The first-order chi connectivity index (χ1) is 10.7. The highest BCUT2D eigenvalue weighted by Gasteiger charge is 2.33. The second-order valence-corrected chi connectivity index (χ2v) is 5.99. The van der Waals surface area contributed by atoms with Crippen molar-refractivity contribution in [2.24, 2.45) is 5.92 Å².